The number of carbonyl (C=O) groups excluding carboxylic acids is 3. The van der Waals surface area contributed by atoms with Gasteiger partial charge in [0.15, 0.2) is 35.2 Å². The smallest absolute Gasteiger partial charge is 0.303 e. The molecule has 1 N–H and O–H groups in total. The van der Waals surface area contributed by atoms with E-state index in [-0.39, 0.29) is 22.7 Å². The summed E-state index contributed by atoms with van der Waals surface area (Å²) in [5.74, 6) is -2.19. The monoisotopic (exact) mass is 436 g/mol. The lowest BCUT2D eigenvalue weighted by molar-refractivity contribution is -0.166. The highest BCUT2D eigenvalue weighted by Crippen LogP contribution is 2.33. The Kier molecular flexibility index (Phi) is 5.83. The molecule has 0 spiro atoms. The molecule has 0 saturated carbocycles. The second-order valence-electron chi connectivity index (χ2n) is 6.40. The van der Waals surface area contributed by atoms with E-state index >= 15 is 0 Å². The van der Waals surface area contributed by atoms with Crippen LogP contribution in [0.2, 0.25) is 0 Å². The van der Waals surface area contributed by atoms with Crippen LogP contribution in [0.15, 0.2) is 4.79 Å². The van der Waals surface area contributed by atoms with E-state index in [9.17, 15) is 24.4 Å². The highest BCUT2D eigenvalue weighted by molar-refractivity contribution is 5.78. The summed E-state index contributed by atoms with van der Waals surface area (Å²) in [6.07, 6.45) is -5.24. The molecule has 1 fully saturated rings. The van der Waals surface area contributed by atoms with Crippen molar-refractivity contribution < 1.29 is 38.5 Å². The van der Waals surface area contributed by atoms with E-state index in [1.54, 1.807) is 6.07 Å². The maximum absolute atomic E-state index is 12.9. The first kappa shape index (κ1) is 21.6. The molecule has 2 aromatic heterocycles. The summed E-state index contributed by atoms with van der Waals surface area (Å²) < 4.78 is 21.6. The number of aromatic nitrogens is 5. The molecule has 0 bridgehead atoms. The van der Waals surface area contributed by atoms with Crippen molar-refractivity contribution >= 4 is 28.9 Å². The normalized spacial score (nSPS) is 22.6. The zero-order valence-electron chi connectivity index (χ0n) is 16.4. The number of ether oxygens (including phenoxy) is 4. The second kappa shape index (κ2) is 8.36. The summed E-state index contributed by atoms with van der Waals surface area (Å²) >= 11 is 0. The largest absolute Gasteiger partial charge is 0.463 e. The first-order chi connectivity index (χ1) is 14.6. The molecule has 0 amide bonds. The third-order valence-electron chi connectivity index (χ3n) is 4.18. The fourth-order valence-corrected chi connectivity index (χ4v) is 3.05. The lowest BCUT2D eigenvalue weighted by Gasteiger charge is -2.23. The molecule has 1 aliphatic rings. The number of hydrogen-bond donors (Lipinski definition) is 1. The van der Waals surface area contributed by atoms with Gasteiger partial charge in [0.25, 0.3) is 0 Å². The van der Waals surface area contributed by atoms with Gasteiger partial charge in [0.2, 0.25) is 0 Å². The van der Waals surface area contributed by atoms with E-state index in [2.05, 4.69) is 15.4 Å². The van der Waals surface area contributed by atoms with Gasteiger partial charge in [-0.05, 0) is 0 Å². The van der Waals surface area contributed by atoms with E-state index in [0.717, 1.165) is 20.8 Å². The van der Waals surface area contributed by atoms with Crippen LogP contribution in [0, 0.1) is 11.3 Å². The van der Waals surface area contributed by atoms with Crippen LogP contribution >= 0.6 is 0 Å². The number of rotatable bonds is 5. The van der Waals surface area contributed by atoms with E-state index in [1.807, 2.05) is 0 Å². The van der Waals surface area contributed by atoms with Gasteiger partial charge < -0.3 is 24.2 Å². The van der Waals surface area contributed by atoms with Gasteiger partial charge in [-0.2, -0.15) is 9.94 Å². The Hall–Kier alpha value is -4.06. The van der Waals surface area contributed by atoms with Crippen molar-refractivity contribution in [2.45, 2.75) is 45.3 Å². The zero-order valence-corrected chi connectivity index (χ0v) is 16.4. The van der Waals surface area contributed by atoms with Crippen LogP contribution in [0.5, 0.6) is 0 Å². The fraction of sp³-hybridized carbons (Fsp3) is 0.500. The van der Waals surface area contributed by atoms with Gasteiger partial charge in [-0.3, -0.25) is 19.2 Å². The number of nitriles is 1. The van der Waals surface area contributed by atoms with Crippen molar-refractivity contribution in [1.29, 1.82) is 5.26 Å². The summed E-state index contributed by atoms with van der Waals surface area (Å²) in [6, 6.07) is 1.66. The van der Waals surface area contributed by atoms with Crippen LogP contribution < -0.4 is 5.56 Å². The van der Waals surface area contributed by atoms with E-state index in [0.29, 0.717) is 4.68 Å². The summed E-state index contributed by atoms with van der Waals surface area (Å²) in [5.41, 5.74) is -2.08. The Morgan fingerprint density at radius 3 is 2.39 bits per heavy atom. The first-order valence-electron chi connectivity index (χ1n) is 8.74. The molecule has 1 aliphatic heterocycles. The van der Waals surface area contributed by atoms with Crippen molar-refractivity contribution in [1.82, 2.24) is 24.9 Å². The molecular weight excluding hydrogens is 420 g/mol. The molecular formula is C16H16N6O9. The third-order valence-corrected chi connectivity index (χ3v) is 4.18. The molecule has 15 heteroatoms. The first-order valence-corrected chi connectivity index (χ1v) is 8.74. The highest BCUT2D eigenvalue weighted by atomic mass is 16.7. The summed E-state index contributed by atoms with van der Waals surface area (Å²) in [7, 11) is 0. The van der Waals surface area contributed by atoms with Crippen molar-refractivity contribution in [2.75, 3.05) is 6.61 Å². The molecule has 4 unspecified atom stereocenters. The van der Waals surface area contributed by atoms with Gasteiger partial charge in [0, 0.05) is 20.8 Å². The van der Waals surface area contributed by atoms with Gasteiger partial charge >= 0.3 is 23.5 Å². The summed E-state index contributed by atoms with van der Waals surface area (Å²) in [5, 5.41) is 29.8. The minimum Gasteiger partial charge on any atom is -0.463 e. The van der Waals surface area contributed by atoms with Crippen LogP contribution in [-0.4, -0.2) is 73.0 Å². The minimum atomic E-state index is -1.47. The summed E-state index contributed by atoms with van der Waals surface area (Å²) in [6.45, 7) is 2.95. The number of fused-ring (bicyclic) bond motifs is 1. The standard InChI is InChI=1S/C16H16N6O9/c1-6(23)28-5-10-13(29-7(2)24)14(30-8(3)25)16(31-10)21-15(26)12-11(18-20-21)9(4-17)19-22(12)27/h10,13-14,16,27H,5H2,1-3H3. The number of nitrogens with zero attached hydrogens (tertiary/aromatic N) is 6. The molecule has 0 aromatic carbocycles. The average Bonchev–Trinajstić information content (AvgIpc) is 3.18. The Morgan fingerprint density at radius 1 is 1.16 bits per heavy atom. The maximum Gasteiger partial charge on any atom is 0.303 e. The SMILES string of the molecule is CC(=O)OCC1OC(n2nnc3c(C#N)nn(O)c3c2=O)C(OC(C)=O)C1OC(C)=O. The Labute approximate surface area is 172 Å². The van der Waals surface area contributed by atoms with Crippen LogP contribution in [0.4, 0.5) is 0 Å². The highest BCUT2D eigenvalue weighted by Gasteiger charge is 2.51. The maximum atomic E-state index is 12.9. The number of carbonyl (C=O) groups is 3. The van der Waals surface area contributed by atoms with E-state index < -0.39 is 53.5 Å². The molecule has 15 nitrogen and oxygen atoms in total. The number of hydrogen-bond acceptors (Lipinski definition) is 13. The molecule has 1 saturated heterocycles. The molecule has 164 valence electrons. The lowest BCUT2D eigenvalue weighted by Crippen LogP contribution is -2.42. The third kappa shape index (κ3) is 4.14. The zero-order chi connectivity index (χ0) is 22.9. The molecule has 2 aromatic rings. The molecule has 4 atom stereocenters. The Morgan fingerprint density at radius 2 is 1.81 bits per heavy atom. The van der Waals surface area contributed by atoms with Gasteiger partial charge in [-0.25, -0.2) is 0 Å². The van der Waals surface area contributed by atoms with Gasteiger partial charge in [0.1, 0.15) is 18.8 Å². The quantitative estimate of drug-likeness (QED) is 0.320. The predicted molar refractivity (Wildman–Crippen MR) is 93.1 cm³/mol. The fourth-order valence-electron chi connectivity index (χ4n) is 3.05. The van der Waals surface area contributed by atoms with E-state index in [1.165, 1.54) is 0 Å². The predicted octanol–water partition coefficient (Wildman–Crippen LogP) is -1.58. The Balaban J connectivity index is 2.09. The summed E-state index contributed by atoms with van der Waals surface area (Å²) in [4.78, 5) is 47.5. The molecule has 0 radical (unpaired) electrons. The van der Waals surface area contributed by atoms with E-state index in [4.69, 9.17) is 24.2 Å². The van der Waals surface area contributed by atoms with Gasteiger partial charge in [0.05, 0.1) is 0 Å². The second-order valence-corrected chi connectivity index (χ2v) is 6.40. The lowest BCUT2D eigenvalue weighted by atomic mass is 10.1. The van der Waals surface area contributed by atoms with Crippen molar-refractivity contribution in [2.24, 2.45) is 0 Å². The van der Waals surface area contributed by atoms with Crippen LogP contribution in [0.3, 0.4) is 0 Å². The van der Waals surface area contributed by atoms with Crippen molar-refractivity contribution in [3.8, 4) is 6.07 Å². The average molecular weight is 436 g/mol. The van der Waals surface area contributed by atoms with Gasteiger partial charge in [-0.1, -0.05) is 10.1 Å². The van der Waals surface area contributed by atoms with Crippen LogP contribution in [-0.2, 0) is 33.3 Å². The van der Waals surface area contributed by atoms with Crippen molar-refractivity contribution in [3.63, 3.8) is 0 Å². The molecule has 31 heavy (non-hydrogen) atoms. The minimum absolute atomic E-state index is 0.164. The molecule has 0 aliphatic carbocycles. The topological polar surface area (TPSA) is 198 Å². The molecule has 3 heterocycles. The van der Waals surface area contributed by atoms with Crippen LogP contribution in [0.1, 0.15) is 32.7 Å². The molecule has 3 rings (SSSR count). The van der Waals surface area contributed by atoms with Crippen LogP contribution in [0.25, 0.3) is 11.0 Å². The van der Waals surface area contributed by atoms with Crippen molar-refractivity contribution in [3.05, 3.63) is 16.0 Å². The van der Waals surface area contributed by atoms with Gasteiger partial charge in [-0.15, -0.1) is 10.2 Å². The Bertz CT molecular complexity index is 1150. The number of esters is 3.